The SMILES string of the molecule is [CH2]c1ccn(C)c(=O)c1. The third-order valence-electron chi connectivity index (χ3n) is 1.17. The molecule has 1 aromatic heterocycles. The van der Waals surface area contributed by atoms with Gasteiger partial charge in [0.25, 0.3) is 5.56 Å². The van der Waals surface area contributed by atoms with Crippen LogP contribution < -0.4 is 5.56 Å². The van der Waals surface area contributed by atoms with Crippen molar-refractivity contribution in [2.24, 2.45) is 7.05 Å². The highest BCUT2D eigenvalue weighted by atomic mass is 16.1. The summed E-state index contributed by atoms with van der Waals surface area (Å²) in [6.07, 6.45) is 1.70. The molecule has 0 amide bonds. The Morgan fingerprint density at radius 1 is 1.67 bits per heavy atom. The van der Waals surface area contributed by atoms with E-state index in [-0.39, 0.29) is 5.56 Å². The summed E-state index contributed by atoms with van der Waals surface area (Å²) in [7, 11) is 1.71. The lowest BCUT2D eigenvalue weighted by Crippen LogP contribution is -2.13. The van der Waals surface area contributed by atoms with E-state index in [1.54, 1.807) is 19.3 Å². The first-order valence-electron chi connectivity index (χ1n) is 2.69. The Labute approximate surface area is 53.8 Å². The summed E-state index contributed by atoms with van der Waals surface area (Å²) in [5.41, 5.74) is 0.751. The average molecular weight is 122 g/mol. The fourth-order valence-electron chi connectivity index (χ4n) is 0.590. The van der Waals surface area contributed by atoms with E-state index >= 15 is 0 Å². The summed E-state index contributed by atoms with van der Waals surface area (Å²) < 4.78 is 1.51. The Balaban J connectivity index is 3.34. The maximum Gasteiger partial charge on any atom is 0.250 e. The monoisotopic (exact) mass is 122 g/mol. The molecule has 0 spiro atoms. The number of aryl methyl sites for hydroxylation is 1. The highest BCUT2D eigenvalue weighted by Crippen LogP contribution is 1.87. The van der Waals surface area contributed by atoms with E-state index in [4.69, 9.17) is 0 Å². The van der Waals surface area contributed by atoms with Gasteiger partial charge in [-0.15, -0.1) is 0 Å². The molecule has 0 fully saturated rings. The first-order chi connectivity index (χ1) is 4.20. The van der Waals surface area contributed by atoms with Gasteiger partial charge in [-0.1, -0.05) is 0 Å². The van der Waals surface area contributed by atoms with Gasteiger partial charge in [-0.3, -0.25) is 4.79 Å². The molecule has 0 unspecified atom stereocenters. The van der Waals surface area contributed by atoms with Gasteiger partial charge in [-0.25, -0.2) is 0 Å². The summed E-state index contributed by atoms with van der Waals surface area (Å²) in [6, 6.07) is 3.29. The minimum atomic E-state index is -0.0116. The van der Waals surface area contributed by atoms with E-state index in [0.717, 1.165) is 5.56 Å². The number of nitrogens with zero attached hydrogens (tertiary/aromatic N) is 1. The van der Waals surface area contributed by atoms with Crippen molar-refractivity contribution in [3.8, 4) is 0 Å². The molecule has 1 heterocycles. The average Bonchev–Trinajstić information content (AvgIpc) is 1.80. The summed E-state index contributed by atoms with van der Waals surface area (Å²) in [4.78, 5) is 10.8. The number of aromatic nitrogens is 1. The maximum atomic E-state index is 10.8. The zero-order valence-corrected chi connectivity index (χ0v) is 5.29. The lowest BCUT2D eigenvalue weighted by Gasteiger charge is -1.93. The van der Waals surface area contributed by atoms with Gasteiger partial charge in [0.15, 0.2) is 0 Å². The summed E-state index contributed by atoms with van der Waals surface area (Å²) in [5.74, 6) is 0. The van der Waals surface area contributed by atoms with Crippen molar-refractivity contribution in [1.29, 1.82) is 0 Å². The van der Waals surface area contributed by atoms with E-state index in [1.165, 1.54) is 10.6 Å². The number of pyridine rings is 1. The predicted molar refractivity (Wildman–Crippen MR) is 36.1 cm³/mol. The van der Waals surface area contributed by atoms with E-state index in [2.05, 4.69) is 6.92 Å². The van der Waals surface area contributed by atoms with E-state index in [1.807, 2.05) is 0 Å². The molecule has 0 atom stereocenters. The van der Waals surface area contributed by atoms with Gasteiger partial charge in [0.1, 0.15) is 0 Å². The Hall–Kier alpha value is -1.05. The minimum absolute atomic E-state index is 0.0116. The maximum absolute atomic E-state index is 10.8. The Morgan fingerprint density at radius 3 is 2.78 bits per heavy atom. The minimum Gasteiger partial charge on any atom is -0.319 e. The lowest BCUT2D eigenvalue weighted by molar-refractivity contribution is 0.858. The summed E-state index contributed by atoms with van der Waals surface area (Å²) in [5, 5.41) is 0. The molecular formula is C7H8NO. The van der Waals surface area contributed by atoms with E-state index < -0.39 is 0 Å². The van der Waals surface area contributed by atoms with Crippen LogP contribution in [0, 0.1) is 6.92 Å². The second-order valence-electron chi connectivity index (χ2n) is 1.98. The van der Waals surface area contributed by atoms with Crippen LogP contribution >= 0.6 is 0 Å². The molecule has 1 aromatic rings. The highest BCUT2D eigenvalue weighted by molar-refractivity contribution is 5.13. The van der Waals surface area contributed by atoms with E-state index in [0.29, 0.717) is 0 Å². The summed E-state index contributed by atoms with van der Waals surface area (Å²) in [6.45, 7) is 3.61. The van der Waals surface area contributed by atoms with Crippen LogP contribution in [0.15, 0.2) is 23.1 Å². The molecule has 0 aliphatic rings. The first-order valence-corrected chi connectivity index (χ1v) is 2.69. The standard InChI is InChI=1S/C7H8NO/c1-6-3-4-8(2)7(9)5-6/h3-5H,1H2,2H3. The number of hydrogen-bond donors (Lipinski definition) is 0. The van der Waals surface area contributed by atoms with Crippen molar-refractivity contribution >= 4 is 0 Å². The van der Waals surface area contributed by atoms with Gasteiger partial charge in [0.2, 0.25) is 0 Å². The van der Waals surface area contributed by atoms with Crippen molar-refractivity contribution in [2.45, 2.75) is 0 Å². The Bertz CT molecular complexity index is 262. The van der Waals surface area contributed by atoms with Gasteiger partial charge in [-0.05, 0) is 18.6 Å². The van der Waals surface area contributed by atoms with Crippen molar-refractivity contribution in [3.63, 3.8) is 0 Å². The van der Waals surface area contributed by atoms with Crippen LogP contribution in [-0.4, -0.2) is 4.57 Å². The van der Waals surface area contributed by atoms with Gasteiger partial charge >= 0.3 is 0 Å². The third kappa shape index (κ3) is 1.19. The molecule has 2 heteroatoms. The fraction of sp³-hybridized carbons (Fsp3) is 0.143. The Morgan fingerprint density at radius 2 is 2.33 bits per heavy atom. The van der Waals surface area contributed by atoms with Crippen molar-refractivity contribution in [3.05, 3.63) is 41.2 Å². The fourth-order valence-corrected chi connectivity index (χ4v) is 0.590. The first kappa shape index (κ1) is 6.08. The largest absolute Gasteiger partial charge is 0.319 e. The van der Waals surface area contributed by atoms with Crippen molar-refractivity contribution in [2.75, 3.05) is 0 Å². The zero-order chi connectivity index (χ0) is 6.85. The van der Waals surface area contributed by atoms with Crippen molar-refractivity contribution < 1.29 is 0 Å². The van der Waals surface area contributed by atoms with Gasteiger partial charge in [-0.2, -0.15) is 0 Å². The smallest absolute Gasteiger partial charge is 0.250 e. The van der Waals surface area contributed by atoms with Crippen LogP contribution in [0.4, 0.5) is 0 Å². The molecule has 0 N–H and O–H groups in total. The number of rotatable bonds is 0. The van der Waals surface area contributed by atoms with Gasteiger partial charge in [0, 0.05) is 19.3 Å². The molecule has 9 heavy (non-hydrogen) atoms. The molecule has 47 valence electrons. The molecule has 0 saturated carbocycles. The van der Waals surface area contributed by atoms with Crippen LogP contribution in [0.25, 0.3) is 0 Å². The third-order valence-corrected chi connectivity index (χ3v) is 1.17. The van der Waals surface area contributed by atoms with Crippen LogP contribution in [0.5, 0.6) is 0 Å². The van der Waals surface area contributed by atoms with Crippen LogP contribution in [-0.2, 0) is 7.05 Å². The molecular weight excluding hydrogens is 114 g/mol. The molecule has 1 rings (SSSR count). The second kappa shape index (κ2) is 2.05. The normalized spacial score (nSPS) is 9.56. The van der Waals surface area contributed by atoms with E-state index in [9.17, 15) is 4.79 Å². The van der Waals surface area contributed by atoms with Gasteiger partial charge in [0.05, 0.1) is 0 Å². The van der Waals surface area contributed by atoms with Crippen molar-refractivity contribution in [1.82, 2.24) is 4.57 Å². The van der Waals surface area contributed by atoms with Gasteiger partial charge < -0.3 is 4.57 Å². The highest BCUT2D eigenvalue weighted by Gasteiger charge is 1.86. The Kier molecular flexibility index (Phi) is 1.39. The van der Waals surface area contributed by atoms with Crippen LogP contribution in [0.2, 0.25) is 0 Å². The molecule has 0 saturated heterocycles. The molecule has 0 aliphatic heterocycles. The second-order valence-corrected chi connectivity index (χ2v) is 1.98. The molecule has 0 bridgehead atoms. The quantitative estimate of drug-likeness (QED) is 0.493. The summed E-state index contributed by atoms with van der Waals surface area (Å²) >= 11 is 0. The molecule has 1 radical (unpaired) electrons. The van der Waals surface area contributed by atoms with Crippen LogP contribution in [0.3, 0.4) is 0 Å². The lowest BCUT2D eigenvalue weighted by atomic mass is 10.3. The molecule has 0 aromatic carbocycles. The predicted octanol–water partition coefficient (Wildman–Crippen LogP) is 0.567. The number of hydrogen-bond acceptors (Lipinski definition) is 1. The zero-order valence-electron chi connectivity index (χ0n) is 5.29. The molecule has 2 nitrogen and oxygen atoms in total. The molecule has 0 aliphatic carbocycles. The van der Waals surface area contributed by atoms with Crippen LogP contribution in [0.1, 0.15) is 5.56 Å². The topological polar surface area (TPSA) is 22.0 Å².